The van der Waals surface area contributed by atoms with Gasteiger partial charge in [-0.1, -0.05) is 22.9 Å². The largest absolute Gasteiger partial charge is 0.360 e. The summed E-state index contributed by atoms with van der Waals surface area (Å²) in [5, 5.41) is 9.80. The standard InChI is InChI=1S/C19H20N4O2/c1-11-5-12(2)18(13(3)6-11)21-16-8-15(9-20-10-16)19(24)22-17-7-14(4)25-23-17/h5-10,21H,1-4H3,(H,22,23,24). The molecule has 0 radical (unpaired) electrons. The van der Waals surface area contributed by atoms with E-state index in [0.29, 0.717) is 17.1 Å². The van der Waals surface area contributed by atoms with Gasteiger partial charge < -0.3 is 15.2 Å². The molecule has 0 aliphatic heterocycles. The summed E-state index contributed by atoms with van der Waals surface area (Å²) in [5.41, 5.74) is 5.72. The molecule has 2 N–H and O–H groups in total. The second-order valence-corrected chi connectivity index (χ2v) is 6.14. The second-order valence-electron chi connectivity index (χ2n) is 6.14. The van der Waals surface area contributed by atoms with E-state index in [9.17, 15) is 4.79 Å². The molecule has 2 aromatic heterocycles. The van der Waals surface area contributed by atoms with E-state index in [1.165, 1.54) is 11.8 Å². The number of benzene rings is 1. The molecule has 3 rings (SSSR count). The Bertz CT molecular complexity index is 908. The SMILES string of the molecule is Cc1cc(C)c(Nc2cncc(C(=O)Nc3cc(C)on3)c2)c(C)c1. The highest BCUT2D eigenvalue weighted by Gasteiger charge is 2.11. The Labute approximate surface area is 146 Å². The predicted octanol–water partition coefficient (Wildman–Crippen LogP) is 4.30. The zero-order chi connectivity index (χ0) is 18.0. The van der Waals surface area contributed by atoms with Crippen LogP contribution in [0.1, 0.15) is 32.8 Å². The molecular formula is C19H20N4O2. The van der Waals surface area contributed by atoms with Crippen molar-refractivity contribution >= 4 is 23.1 Å². The van der Waals surface area contributed by atoms with Crippen molar-refractivity contribution in [3.05, 3.63) is 64.7 Å². The summed E-state index contributed by atoms with van der Waals surface area (Å²) in [5.74, 6) is 0.724. The lowest BCUT2D eigenvalue weighted by molar-refractivity contribution is 0.102. The van der Waals surface area contributed by atoms with Gasteiger partial charge in [0.1, 0.15) is 5.76 Å². The van der Waals surface area contributed by atoms with Gasteiger partial charge in [0.15, 0.2) is 5.82 Å². The number of amides is 1. The topological polar surface area (TPSA) is 80.0 Å². The molecule has 0 atom stereocenters. The molecule has 0 saturated carbocycles. The van der Waals surface area contributed by atoms with E-state index in [-0.39, 0.29) is 5.91 Å². The van der Waals surface area contributed by atoms with Crippen LogP contribution in [0.15, 0.2) is 41.2 Å². The van der Waals surface area contributed by atoms with Crippen LogP contribution in [0.3, 0.4) is 0 Å². The molecule has 0 aliphatic carbocycles. The molecule has 128 valence electrons. The van der Waals surface area contributed by atoms with Gasteiger partial charge in [-0.05, 0) is 44.9 Å². The van der Waals surface area contributed by atoms with Crippen molar-refractivity contribution in [3.63, 3.8) is 0 Å². The maximum Gasteiger partial charge on any atom is 0.258 e. The van der Waals surface area contributed by atoms with E-state index in [1.807, 2.05) is 0 Å². The number of aromatic nitrogens is 2. The van der Waals surface area contributed by atoms with Gasteiger partial charge in [-0.15, -0.1) is 0 Å². The molecule has 0 saturated heterocycles. The van der Waals surface area contributed by atoms with Gasteiger partial charge in [-0.3, -0.25) is 9.78 Å². The van der Waals surface area contributed by atoms with Gasteiger partial charge in [0.2, 0.25) is 0 Å². The van der Waals surface area contributed by atoms with Crippen LogP contribution in [-0.2, 0) is 0 Å². The third kappa shape index (κ3) is 3.85. The minimum Gasteiger partial charge on any atom is -0.360 e. The monoisotopic (exact) mass is 336 g/mol. The second kappa shape index (κ2) is 6.76. The average Bonchev–Trinajstić information content (AvgIpc) is 2.96. The number of anilines is 3. The van der Waals surface area contributed by atoms with Crippen molar-refractivity contribution in [2.24, 2.45) is 0 Å². The van der Waals surface area contributed by atoms with Gasteiger partial charge in [-0.2, -0.15) is 0 Å². The van der Waals surface area contributed by atoms with Crippen LogP contribution in [0, 0.1) is 27.7 Å². The third-order valence-electron chi connectivity index (χ3n) is 3.82. The van der Waals surface area contributed by atoms with Crippen LogP contribution in [0.2, 0.25) is 0 Å². The zero-order valence-electron chi connectivity index (χ0n) is 14.7. The lowest BCUT2D eigenvalue weighted by atomic mass is 10.0. The normalized spacial score (nSPS) is 10.6. The molecule has 0 unspecified atom stereocenters. The van der Waals surface area contributed by atoms with E-state index in [0.717, 1.165) is 22.5 Å². The Morgan fingerprint density at radius 3 is 2.36 bits per heavy atom. The molecule has 3 aromatic rings. The zero-order valence-corrected chi connectivity index (χ0v) is 14.7. The molecule has 0 aliphatic rings. The first-order valence-corrected chi connectivity index (χ1v) is 7.97. The summed E-state index contributed by atoms with van der Waals surface area (Å²) in [6.07, 6.45) is 3.21. The summed E-state index contributed by atoms with van der Waals surface area (Å²) in [4.78, 5) is 16.5. The molecule has 0 bridgehead atoms. The minimum atomic E-state index is -0.290. The van der Waals surface area contributed by atoms with Crippen molar-refractivity contribution in [3.8, 4) is 0 Å². The average molecular weight is 336 g/mol. The number of carbonyl (C=O) groups is 1. The van der Waals surface area contributed by atoms with Crippen LogP contribution >= 0.6 is 0 Å². The highest BCUT2D eigenvalue weighted by molar-refractivity contribution is 6.04. The Morgan fingerprint density at radius 2 is 1.72 bits per heavy atom. The number of hydrogen-bond donors (Lipinski definition) is 2. The molecule has 1 aromatic carbocycles. The van der Waals surface area contributed by atoms with Gasteiger partial charge in [0, 0.05) is 18.0 Å². The molecule has 6 nitrogen and oxygen atoms in total. The molecule has 1 amide bonds. The fourth-order valence-electron chi connectivity index (χ4n) is 2.77. The number of nitrogens with one attached hydrogen (secondary N) is 2. The number of pyridine rings is 1. The first-order valence-electron chi connectivity index (χ1n) is 7.97. The van der Waals surface area contributed by atoms with Crippen LogP contribution in [0.5, 0.6) is 0 Å². The van der Waals surface area contributed by atoms with Gasteiger partial charge in [0.05, 0.1) is 17.4 Å². The van der Waals surface area contributed by atoms with Crippen molar-refractivity contribution in [2.75, 3.05) is 10.6 Å². The van der Waals surface area contributed by atoms with E-state index in [4.69, 9.17) is 4.52 Å². The van der Waals surface area contributed by atoms with Gasteiger partial charge in [-0.25, -0.2) is 0 Å². The smallest absolute Gasteiger partial charge is 0.258 e. The molecule has 0 fully saturated rings. The van der Waals surface area contributed by atoms with Crippen molar-refractivity contribution in [1.29, 1.82) is 0 Å². The number of carbonyl (C=O) groups excluding carboxylic acids is 1. The van der Waals surface area contributed by atoms with Crippen LogP contribution < -0.4 is 10.6 Å². The van der Waals surface area contributed by atoms with Gasteiger partial charge >= 0.3 is 0 Å². The van der Waals surface area contributed by atoms with Crippen molar-refractivity contribution in [1.82, 2.24) is 10.1 Å². The number of rotatable bonds is 4. The summed E-state index contributed by atoms with van der Waals surface area (Å²) in [6, 6.07) is 7.65. The highest BCUT2D eigenvalue weighted by Crippen LogP contribution is 2.26. The summed E-state index contributed by atoms with van der Waals surface area (Å²) in [6.45, 7) is 7.95. The van der Waals surface area contributed by atoms with Crippen molar-refractivity contribution < 1.29 is 9.32 Å². The molecule has 0 spiro atoms. The van der Waals surface area contributed by atoms with E-state index in [1.54, 1.807) is 25.3 Å². The van der Waals surface area contributed by atoms with Crippen LogP contribution in [0.25, 0.3) is 0 Å². The molecule has 25 heavy (non-hydrogen) atoms. The first kappa shape index (κ1) is 16.7. The van der Waals surface area contributed by atoms with Crippen LogP contribution in [-0.4, -0.2) is 16.0 Å². The number of hydrogen-bond acceptors (Lipinski definition) is 5. The quantitative estimate of drug-likeness (QED) is 0.742. The maximum absolute atomic E-state index is 12.3. The lowest BCUT2D eigenvalue weighted by Gasteiger charge is -2.14. The summed E-state index contributed by atoms with van der Waals surface area (Å²) in [7, 11) is 0. The Morgan fingerprint density at radius 1 is 1.00 bits per heavy atom. The summed E-state index contributed by atoms with van der Waals surface area (Å²) < 4.78 is 4.95. The van der Waals surface area contributed by atoms with Crippen LogP contribution in [0.4, 0.5) is 17.2 Å². The lowest BCUT2D eigenvalue weighted by Crippen LogP contribution is -2.12. The summed E-state index contributed by atoms with van der Waals surface area (Å²) >= 11 is 0. The fraction of sp³-hybridized carbons (Fsp3) is 0.211. The Hall–Kier alpha value is -3.15. The number of nitrogens with zero attached hydrogens (tertiary/aromatic N) is 2. The Kier molecular flexibility index (Phi) is 4.52. The maximum atomic E-state index is 12.3. The van der Waals surface area contributed by atoms with Crippen molar-refractivity contribution in [2.45, 2.75) is 27.7 Å². The minimum absolute atomic E-state index is 0.290. The molecular weight excluding hydrogens is 316 g/mol. The van der Waals surface area contributed by atoms with E-state index >= 15 is 0 Å². The highest BCUT2D eigenvalue weighted by atomic mass is 16.5. The van der Waals surface area contributed by atoms with E-state index in [2.05, 4.69) is 53.7 Å². The van der Waals surface area contributed by atoms with E-state index < -0.39 is 0 Å². The fourth-order valence-corrected chi connectivity index (χ4v) is 2.77. The number of aryl methyl sites for hydroxylation is 4. The first-order chi connectivity index (χ1) is 11.9. The predicted molar refractivity (Wildman–Crippen MR) is 97.4 cm³/mol. The third-order valence-corrected chi connectivity index (χ3v) is 3.82. The Balaban J connectivity index is 1.81. The molecule has 6 heteroatoms. The van der Waals surface area contributed by atoms with Gasteiger partial charge in [0.25, 0.3) is 5.91 Å². The molecule has 2 heterocycles.